The van der Waals surface area contributed by atoms with Gasteiger partial charge in [-0.25, -0.2) is 0 Å². The van der Waals surface area contributed by atoms with Crippen LogP contribution in [0.1, 0.15) is 5.56 Å². The maximum absolute atomic E-state index is 12.4. The molecule has 0 fully saturated rings. The van der Waals surface area contributed by atoms with Crippen LogP contribution in [0, 0.1) is 0 Å². The molecule has 1 N–H and O–H groups in total. The minimum Gasteiger partial charge on any atom is -0.493 e. The van der Waals surface area contributed by atoms with Crippen LogP contribution in [0.4, 0.5) is 13.2 Å². The number of hydrogen-bond acceptors (Lipinski definition) is 3. The molecule has 3 nitrogen and oxygen atoms in total. The van der Waals surface area contributed by atoms with Gasteiger partial charge < -0.3 is 14.6 Å². The molecule has 0 saturated heterocycles. The lowest BCUT2D eigenvalue weighted by molar-refractivity contribution is -0.275. The summed E-state index contributed by atoms with van der Waals surface area (Å²) in [7, 11) is 1.26. The molecule has 0 radical (unpaired) electrons. The van der Waals surface area contributed by atoms with E-state index in [9.17, 15) is 18.3 Å². The predicted octanol–water partition coefficient (Wildman–Crippen LogP) is 3.75. The zero-order chi connectivity index (χ0) is 15.5. The summed E-state index contributed by atoms with van der Waals surface area (Å²) in [4.78, 5) is 0. The predicted molar refractivity (Wildman–Crippen MR) is 71.0 cm³/mol. The van der Waals surface area contributed by atoms with Gasteiger partial charge in [-0.3, -0.25) is 0 Å². The standard InChI is InChI=1S/C15H13F3O3/c1-20-13-7-6-10(8-14(13)21-15(16,17)18)12-5-3-2-4-11(12)9-19/h2-8,19H,9H2,1H3. The lowest BCUT2D eigenvalue weighted by atomic mass is 10.00. The van der Waals surface area contributed by atoms with Crippen molar-refractivity contribution < 1.29 is 27.8 Å². The van der Waals surface area contributed by atoms with Crippen molar-refractivity contribution >= 4 is 0 Å². The van der Waals surface area contributed by atoms with Gasteiger partial charge in [-0.15, -0.1) is 13.2 Å². The first kappa shape index (κ1) is 15.2. The van der Waals surface area contributed by atoms with E-state index in [0.717, 1.165) is 0 Å². The van der Waals surface area contributed by atoms with Crippen LogP contribution in [0.2, 0.25) is 0 Å². The minimum atomic E-state index is -4.80. The molecular formula is C15H13F3O3. The molecule has 0 bridgehead atoms. The van der Waals surface area contributed by atoms with Crippen molar-refractivity contribution in [3.8, 4) is 22.6 Å². The second-order valence-corrected chi connectivity index (χ2v) is 4.23. The van der Waals surface area contributed by atoms with Crippen LogP contribution in [-0.2, 0) is 6.61 Å². The second kappa shape index (κ2) is 6.05. The van der Waals surface area contributed by atoms with Gasteiger partial charge in [0.05, 0.1) is 13.7 Å². The first-order valence-corrected chi connectivity index (χ1v) is 6.07. The number of benzene rings is 2. The molecule has 0 saturated carbocycles. The van der Waals surface area contributed by atoms with Crippen molar-refractivity contribution in [2.45, 2.75) is 13.0 Å². The maximum atomic E-state index is 12.4. The van der Waals surface area contributed by atoms with Crippen molar-refractivity contribution in [1.29, 1.82) is 0 Å². The van der Waals surface area contributed by atoms with E-state index in [1.165, 1.54) is 19.2 Å². The fourth-order valence-corrected chi connectivity index (χ4v) is 1.99. The monoisotopic (exact) mass is 298 g/mol. The van der Waals surface area contributed by atoms with E-state index in [4.69, 9.17) is 4.74 Å². The summed E-state index contributed by atoms with van der Waals surface area (Å²) in [5.74, 6) is -0.437. The molecule has 2 aromatic carbocycles. The molecule has 0 aliphatic rings. The number of rotatable bonds is 4. The molecule has 21 heavy (non-hydrogen) atoms. The Morgan fingerprint density at radius 2 is 1.76 bits per heavy atom. The molecule has 0 unspecified atom stereocenters. The van der Waals surface area contributed by atoms with E-state index in [1.54, 1.807) is 30.3 Å². The Hall–Kier alpha value is -2.21. The Balaban J connectivity index is 2.48. The van der Waals surface area contributed by atoms with Gasteiger partial charge in [0.15, 0.2) is 11.5 Å². The number of alkyl halides is 3. The highest BCUT2D eigenvalue weighted by molar-refractivity contribution is 5.70. The average Bonchev–Trinajstić information content (AvgIpc) is 2.45. The van der Waals surface area contributed by atoms with Crippen LogP contribution in [0.3, 0.4) is 0 Å². The molecule has 0 aliphatic heterocycles. The Labute approximate surface area is 119 Å². The fourth-order valence-electron chi connectivity index (χ4n) is 1.99. The van der Waals surface area contributed by atoms with Crippen LogP contribution in [-0.4, -0.2) is 18.6 Å². The largest absolute Gasteiger partial charge is 0.573 e. The van der Waals surface area contributed by atoms with Crippen molar-refractivity contribution in [1.82, 2.24) is 0 Å². The van der Waals surface area contributed by atoms with Crippen molar-refractivity contribution in [2.75, 3.05) is 7.11 Å². The molecule has 2 aromatic rings. The molecule has 6 heteroatoms. The summed E-state index contributed by atoms with van der Waals surface area (Å²) < 4.78 is 46.1. The average molecular weight is 298 g/mol. The van der Waals surface area contributed by atoms with Crippen molar-refractivity contribution in [3.63, 3.8) is 0 Å². The molecule has 0 spiro atoms. The summed E-state index contributed by atoms with van der Waals surface area (Å²) in [6, 6.07) is 11.1. The van der Waals surface area contributed by atoms with E-state index in [2.05, 4.69) is 4.74 Å². The van der Waals surface area contributed by atoms with Gasteiger partial charge in [0.2, 0.25) is 0 Å². The van der Waals surface area contributed by atoms with Gasteiger partial charge in [-0.2, -0.15) is 0 Å². The molecule has 0 aromatic heterocycles. The second-order valence-electron chi connectivity index (χ2n) is 4.23. The molecule has 0 aliphatic carbocycles. The number of halogens is 3. The maximum Gasteiger partial charge on any atom is 0.573 e. The van der Waals surface area contributed by atoms with Gasteiger partial charge in [0, 0.05) is 0 Å². The molecule has 112 valence electrons. The van der Waals surface area contributed by atoms with Gasteiger partial charge in [-0.05, 0) is 28.8 Å². The van der Waals surface area contributed by atoms with Crippen LogP contribution in [0.15, 0.2) is 42.5 Å². The van der Waals surface area contributed by atoms with Gasteiger partial charge >= 0.3 is 6.36 Å². The summed E-state index contributed by atoms with van der Waals surface area (Å²) in [6.45, 7) is -0.211. The lowest BCUT2D eigenvalue weighted by Gasteiger charge is -2.15. The normalized spacial score (nSPS) is 11.3. The molecule has 0 amide bonds. The van der Waals surface area contributed by atoms with Crippen LogP contribution < -0.4 is 9.47 Å². The van der Waals surface area contributed by atoms with E-state index in [1.807, 2.05) is 0 Å². The van der Waals surface area contributed by atoms with Crippen LogP contribution >= 0.6 is 0 Å². The third kappa shape index (κ3) is 3.66. The molecule has 0 atom stereocenters. The lowest BCUT2D eigenvalue weighted by Crippen LogP contribution is -2.17. The van der Waals surface area contributed by atoms with E-state index in [0.29, 0.717) is 16.7 Å². The minimum absolute atomic E-state index is 0.0162. The van der Waals surface area contributed by atoms with Crippen molar-refractivity contribution in [3.05, 3.63) is 48.0 Å². The first-order chi connectivity index (χ1) is 9.94. The topological polar surface area (TPSA) is 38.7 Å². The molecule has 0 heterocycles. The zero-order valence-electron chi connectivity index (χ0n) is 11.1. The number of ether oxygens (including phenoxy) is 2. The quantitative estimate of drug-likeness (QED) is 0.934. The number of aliphatic hydroxyl groups is 1. The summed E-state index contributed by atoms with van der Waals surface area (Å²) >= 11 is 0. The number of hydrogen-bond donors (Lipinski definition) is 1. The molecular weight excluding hydrogens is 285 g/mol. The Bertz CT molecular complexity index is 624. The highest BCUT2D eigenvalue weighted by Gasteiger charge is 2.32. The van der Waals surface area contributed by atoms with Crippen molar-refractivity contribution in [2.24, 2.45) is 0 Å². The Kier molecular flexibility index (Phi) is 4.37. The van der Waals surface area contributed by atoms with Gasteiger partial charge in [0.25, 0.3) is 0 Å². The SMILES string of the molecule is COc1ccc(-c2ccccc2CO)cc1OC(F)(F)F. The Morgan fingerprint density at radius 1 is 1.05 bits per heavy atom. The highest BCUT2D eigenvalue weighted by atomic mass is 19.4. The Morgan fingerprint density at radius 3 is 2.38 bits per heavy atom. The summed E-state index contributed by atoms with van der Waals surface area (Å²) in [5.41, 5.74) is 1.75. The number of aliphatic hydroxyl groups excluding tert-OH is 1. The first-order valence-electron chi connectivity index (χ1n) is 6.07. The molecule has 2 rings (SSSR count). The summed E-state index contributed by atoms with van der Waals surface area (Å²) in [6.07, 6.45) is -4.80. The fraction of sp³-hybridized carbons (Fsp3) is 0.200. The summed E-state index contributed by atoms with van der Waals surface area (Å²) in [5, 5.41) is 9.30. The third-order valence-electron chi connectivity index (χ3n) is 2.89. The zero-order valence-corrected chi connectivity index (χ0v) is 11.1. The van der Waals surface area contributed by atoms with Crippen LogP contribution in [0.5, 0.6) is 11.5 Å². The van der Waals surface area contributed by atoms with Gasteiger partial charge in [-0.1, -0.05) is 30.3 Å². The van der Waals surface area contributed by atoms with E-state index < -0.39 is 12.1 Å². The van der Waals surface area contributed by atoms with Crippen LogP contribution in [0.25, 0.3) is 11.1 Å². The van der Waals surface area contributed by atoms with E-state index in [-0.39, 0.29) is 12.4 Å². The smallest absolute Gasteiger partial charge is 0.493 e. The highest BCUT2D eigenvalue weighted by Crippen LogP contribution is 2.36. The third-order valence-corrected chi connectivity index (χ3v) is 2.89. The van der Waals surface area contributed by atoms with E-state index >= 15 is 0 Å². The van der Waals surface area contributed by atoms with Gasteiger partial charge in [0.1, 0.15) is 0 Å². The number of methoxy groups -OCH3 is 1.